The van der Waals surface area contributed by atoms with E-state index in [0.29, 0.717) is 5.92 Å². The molecule has 1 fully saturated rings. The van der Waals surface area contributed by atoms with Crippen LogP contribution >= 0.6 is 12.4 Å². The summed E-state index contributed by atoms with van der Waals surface area (Å²) in [5.41, 5.74) is 7.05. The molecular formula is C16H26ClN3O. The van der Waals surface area contributed by atoms with Crippen LogP contribution in [0.2, 0.25) is 0 Å². The number of halogens is 1. The minimum Gasteiger partial charge on any atom is -0.348 e. The molecule has 1 aromatic rings. The van der Waals surface area contributed by atoms with Gasteiger partial charge in [-0.25, -0.2) is 0 Å². The van der Waals surface area contributed by atoms with Crippen molar-refractivity contribution in [2.24, 2.45) is 11.7 Å². The Labute approximate surface area is 133 Å². The molecule has 1 unspecified atom stereocenters. The summed E-state index contributed by atoms with van der Waals surface area (Å²) < 4.78 is 0. The number of rotatable bonds is 5. The van der Waals surface area contributed by atoms with Gasteiger partial charge in [0.15, 0.2) is 0 Å². The third-order valence-corrected chi connectivity index (χ3v) is 4.19. The first kappa shape index (κ1) is 17.9. The van der Waals surface area contributed by atoms with Crippen LogP contribution in [0, 0.1) is 5.92 Å². The van der Waals surface area contributed by atoms with Crippen LogP contribution in [0.25, 0.3) is 0 Å². The maximum Gasteiger partial charge on any atom is 0.237 e. The van der Waals surface area contributed by atoms with E-state index in [4.69, 9.17) is 5.73 Å². The fourth-order valence-electron chi connectivity index (χ4n) is 2.92. The van der Waals surface area contributed by atoms with Crippen LogP contribution in [0.5, 0.6) is 0 Å². The van der Waals surface area contributed by atoms with Crippen molar-refractivity contribution in [3.63, 3.8) is 0 Å². The Morgan fingerprint density at radius 2 is 2.14 bits per heavy atom. The summed E-state index contributed by atoms with van der Waals surface area (Å²) in [6, 6.07) is 3.40. The molecule has 4 nitrogen and oxygen atoms in total. The first-order valence-electron chi connectivity index (χ1n) is 7.62. The highest BCUT2D eigenvalue weighted by Crippen LogP contribution is 2.27. The maximum absolute atomic E-state index is 12.1. The second-order valence-corrected chi connectivity index (χ2v) is 5.86. The van der Waals surface area contributed by atoms with E-state index in [9.17, 15) is 4.79 Å². The van der Waals surface area contributed by atoms with Gasteiger partial charge in [-0.05, 0) is 30.9 Å². The molecule has 2 atom stereocenters. The van der Waals surface area contributed by atoms with Gasteiger partial charge in [-0.1, -0.05) is 38.2 Å². The van der Waals surface area contributed by atoms with E-state index < -0.39 is 6.04 Å². The average molecular weight is 312 g/mol. The van der Waals surface area contributed by atoms with Crippen molar-refractivity contribution in [2.75, 3.05) is 0 Å². The zero-order valence-corrected chi connectivity index (χ0v) is 13.4. The Bertz CT molecular complexity index is 421. The number of nitrogens with two attached hydrogens (primary N) is 1. The standard InChI is InChI=1S/C16H25N3O.ClH/c1-12(14-8-5-9-18-11-14)19-16(20)15(17)10-13-6-3-2-4-7-13;/h5,8-9,11-13,15H,2-4,6-7,10,17H2,1H3,(H,19,20);1H/t12-,15?;/m0./s1. The molecular weight excluding hydrogens is 286 g/mol. The number of pyridine rings is 1. The van der Waals surface area contributed by atoms with Gasteiger partial charge in [0.1, 0.15) is 0 Å². The van der Waals surface area contributed by atoms with E-state index in [0.717, 1.165) is 12.0 Å². The average Bonchev–Trinajstić information content (AvgIpc) is 2.49. The second kappa shape index (κ2) is 9.00. The van der Waals surface area contributed by atoms with E-state index in [1.165, 1.54) is 32.1 Å². The molecule has 1 saturated carbocycles. The lowest BCUT2D eigenvalue weighted by atomic mass is 9.85. The summed E-state index contributed by atoms with van der Waals surface area (Å²) in [5.74, 6) is 0.574. The van der Waals surface area contributed by atoms with E-state index in [-0.39, 0.29) is 24.4 Å². The molecule has 1 aliphatic rings. The molecule has 118 valence electrons. The number of hydrogen-bond acceptors (Lipinski definition) is 3. The highest BCUT2D eigenvalue weighted by molar-refractivity contribution is 5.85. The molecule has 2 rings (SSSR count). The number of amides is 1. The third kappa shape index (κ3) is 5.64. The molecule has 1 heterocycles. The number of hydrogen-bond donors (Lipinski definition) is 2. The fourth-order valence-corrected chi connectivity index (χ4v) is 2.92. The number of aromatic nitrogens is 1. The van der Waals surface area contributed by atoms with Crippen molar-refractivity contribution in [1.29, 1.82) is 0 Å². The Kier molecular flexibility index (Phi) is 7.68. The van der Waals surface area contributed by atoms with E-state index in [1.807, 2.05) is 19.1 Å². The molecule has 0 aromatic carbocycles. The number of carbonyl (C=O) groups excluding carboxylic acids is 1. The summed E-state index contributed by atoms with van der Waals surface area (Å²) >= 11 is 0. The first-order valence-corrected chi connectivity index (χ1v) is 7.62. The molecule has 1 aliphatic carbocycles. The lowest BCUT2D eigenvalue weighted by Crippen LogP contribution is -2.42. The van der Waals surface area contributed by atoms with Crippen molar-refractivity contribution in [3.8, 4) is 0 Å². The SMILES string of the molecule is C[C@H](NC(=O)C(N)CC1CCCCC1)c1cccnc1.Cl. The molecule has 0 bridgehead atoms. The quantitative estimate of drug-likeness (QED) is 0.878. The molecule has 1 amide bonds. The number of nitrogens with zero attached hydrogens (tertiary/aromatic N) is 1. The molecule has 5 heteroatoms. The van der Waals surface area contributed by atoms with E-state index in [1.54, 1.807) is 12.4 Å². The predicted molar refractivity (Wildman–Crippen MR) is 87.2 cm³/mol. The van der Waals surface area contributed by atoms with Crippen LogP contribution in [0.1, 0.15) is 57.1 Å². The van der Waals surface area contributed by atoms with Crippen molar-refractivity contribution < 1.29 is 4.79 Å². The second-order valence-electron chi connectivity index (χ2n) is 5.86. The normalized spacial score (nSPS) is 18.4. The zero-order chi connectivity index (χ0) is 14.4. The van der Waals surface area contributed by atoms with Gasteiger partial charge in [0.05, 0.1) is 12.1 Å². The first-order chi connectivity index (χ1) is 9.66. The molecule has 0 saturated heterocycles. The minimum absolute atomic E-state index is 0. The van der Waals surface area contributed by atoms with E-state index >= 15 is 0 Å². The van der Waals surface area contributed by atoms with Crippen LogP contribution in [0.15, 0.2) is 24.5 Å². The summed E-state index contributed by atoms with van der Waals surface area (Å²) in [6.07, 6.45) is 10.7. The van der Waals surface area contributed by atoms with Gasteiger partial charge >= 0.3 is 0 Å². The Morgan fingerprint density at radius 3 is 2.76 bits per heavy atom. The van der Waals surface area contributed by atoms with Crippen molar-refractivity contribution in [2.45, 2.75) is 57.5 Å². The lowest BCUT2D eigenvalue weighted by Gasteiger charge is -2.25. The molecule has 0 aliphatic heterocycles. The number of nitrogens with one attached hydrogen (secondary N) is 1. The summed E-state index contributed by atoms with van der Waals surface area (Å²) in [6.45, 7) is 1.96. The monoisotopic (exact) mass is 311 g/mol. The zero-order valence-electron chi connectivity index (χ0n) is 12.6. The lowest BCUT2D eigenvalue weighted by molar-refractivity contribution is -0.123. The molecule has 0 spiro atoms. The summed E-state index contributed by atoms with van der Waals surface area (Å²) in [4.78, 5) is 16.2. The maximum atomic E-state index is 12.1. The Morgan fingerprint density at radius 1 is 1.43 bits per heavy atom. The fraction of sp³-hybridized carbons (Fsp3) is 0.625. The van der Waals surface area contributed by atoms with Gasteiger partial charge in [0.2, 0.25) is 5.91 Å². The van der Waals surface area contributed by atoms with Gasteiger partial charge in [-0.15, -0.1) is 12.4 Å². The van der Waals surface area contributed by atoms with Crippen LogP contribution in [0.3, 0.4) is 0 Å². The number of carbonyl (C=O) groups is 1. The summed E-state index contributed by atoms with van der Waals surface area (Å²) in [7, 11) is 0. The van der Waals surface area contributed by atoms with Gasteiger partial charge in [0.25, 0.3) is 0 Å². The largest absolute Gasteiger partial charge is 0.348 e. The smallest absolute Gasteiger partial charge is 0.237 e. The predicted octanol–water partition coefficient (Wildman–Crippen LogP) is 2.98. The van der Waals surface area contributed by atoms with Crippen molar-refractivity contribution >= 4 is 18.3 Å². The minimum atomic E-state index is -0.391. The topological polar surface area (TPSA) is 68.0 Å². The highest BCUT2D eigenvalue weighted by atomic mass is 35.5. The third-order valence-electron chi connectivity index (χ3n) is 4.19. The van der Waals surface area contributed by atoms with E-state index in [2.05, 4.69) is 10.3 Å². The van der Waals surface area contributed by atoms with Gasteiger partial charge in [-0.3, -0.25) is 9.78 Å². The molecule has 1 aromatic heterocycles. The Balaban J connectivity index is 0.00000220. The Hall–Kier alpha value is -1.13. The highest BCUT2D eigenvalue weighted by Gasteiger charge is 2.22. The van der Waals surface area contributed by atoms with Crippen LogP contribution in [0.4, 0.5) is 0 Å². The van der Waals surface area contributed by atoms with Crippen molar-refractivity contribution in [3.05, 3.63) is 30.1 Å². The van der Waals surface area contributed by atoms with Crippen molar-refractivity contribution in [1.82, 2.24) is 10.3 Å². The van der Waals surface area contributed by atoms with Gasteiger partial charge in [0, 0.05) is 12.4 Å². The van der Waals surface area contributed by atoms with Crippen LogP contribution in [-0.4, -0.2) is 16.9 Å². The van der Waals surface area contributed by atoms with Gasteiger partial charge in [-0.2, -0.15) is 0 Å². The molecule has 21 heavy (non-hydrogen) atoms. The van der Waals surface area contributed by atoms with Crippen LogP contribution < -0.4 is 11.1 Å². The summed E-state index contributed by atoms with van der Waals surface area (Å²) in [5, 5.41) is 2.98. The van der Waals surface area contributed by atoms with Gasteiger partial charge < -0.3 is 11.1 Å². The molecule has 3 N–H and O–H groups in total. The molecule has 0 radical (unpaired) electrons. The van der Waals surface area contributed by atoms with Crippen LogP contribution in [-0.2, 0) is 4.79 Å².